The third kappa shape index (κ3) is 3.32. The lowest BCUT2D eigenvalue weighted by Gasteiger charge is -2.61. The van der Waals surface area contributed by atoms with Crippen molar-refractivity contribution >= 4 is 5.71 Å². The Balaban J connectivity index is 1.25. The molecule has 0 radical (unpaired) electrons. The van der Waals surface area contributed by atoms with Gasteiger partial charge in [-0.1, -0.05) is 32.9 Å². The predicted molar refractivity (Wildman–Crippen MR) is 137 cm³/mol. The van der Waals surface area contributed by atoms with Gasteiger partial charge in [-0.15, -0.1) is 0 Å². The van der Waals surface area contributed by atoms with E-state index in [4.69, 9.17) is 33.3 Å². The van der Waals surface area contributed by atoms with Crippen LogP contribution in [0.15, 0.2) is 5.16 Å². The second-order valence-electron chi connectivity index (χ2n) is 13.1. The molecule has 16 atom stereocenters. The first-order valence-electron chi connectivity index (χ1n) is 14.5. The van der Waals surface area contributed by atoms with E-state index in [1.165, 1.54) is 0 Å². The van der Waals surface area contributed by atoms with Crippen LogP contribution in [0.3, 0.4) is 0 Å². The summed E-state index contributed by atoms with van der Waals surface area (Å²) in [6.07, 6.45) is 2.25. The van der Waals surface area contributed by atoms with E-state index < -0.39 is 6.29 Å². The van der Waals surface area contributed by atoms with E-state index in [0.29, 0.717) is 47.8 Å². The monoisotopic (exact) mass is 521 g/mol. The number of nitrogens with zero attached hydrogens (tertiary/aromatic N) is 1. The quantitative estimate of drug-likeness (QED) is 0.382. The molecule has 0 aromatic heterocycles. The fraction of sp³-hybridized carbons (Fsp3) is 0.966. The molecule has 4 aliphatic heterocycles. The molecule has 6 aliphatic rings. The van der Waals surface area contributed by atoms with E-state index in [1.54, 1.807) is 21.3 Å². The molecule has 4 heterocycles. The highest BCUT2D eigenvalue weighted by Crippen LogP contribution is 2.65. The molecule has 210 valence electrons. The summed E-state index contributed by atoms with van der Waals surface area (Å²) in [7, 11) is 5.08. The molecule has 6 fully saturated rings. The first kappa shape index (κ1) is 26.5. The largest absolute Gasteiger partial charge is 0.399 e. The molecule has 2 saturated carbocycles. The molecule has 0 aromatic rings. The van der Waals surface area contributed by atoms with Crippen LogP contribution in [-0.4, -0.2) is 75.2 Å². The van der Waals surface area contributed by atoms with Gasteiger partial charge in [0, 0.05) is 32.5 Å². The number of hydrogen-bond donors (Lipinski definition) is 0. The molecule has 0 aromatic carbocycles. The highest BCUT2D eigenvalue weighted by Gasteiger charge is 2.74. The molecule has 2 spiro atoms. The van der Waals surface area contributed by atoms with E-state index in [0.717, 1.165) is 18.6 Å². The third-order valence-electron chi connectivity index (χ3n) is 11.5. The van der Waals surface area contributed by atoms with Crippen molar-refractivity contribution in [1.82, 2.24) is 0 Å². The van der Waals surface area contributed by atoms with E-state index in [1.807, 2.05) is 0 Å². The van der Waals surface area contributed by atoms with Crippen LogP contribution in [0.25, 0.3) is 0 Å². The molecule has 0 amide bonds. The van der Waals surface area contributed by atoms with Gasteiger partial charge in [-0.2, -0.15) is 0 Å². The van der Waals surface area contributed by atoms with Crippen LogP contribution in [0.2, 0.25) is 0 Å². The van der Waals surface area contributed by atoms with Crippen LogP contribution in [0.4, 0.5) is 0 Å². The van der Waals surface area contributed by atoms with Crippen LogP contribution in [0, 0.1) is 47.3 Å². The Morgan fingerprint density at radius 3 is 1.76 bits per heavy atom. The van der Waals surface area contributed by atoms with Gasteiger partial charge in [0.25, 0.3) is 0 Å². The predicted octanol–water partition coefficient (Wildman–Crippen LogP) is 4.25. The minimum absolute atomic E-state index is 0.0668. The van der Waals surface area contributed by atoms with Crippen LogP contribution in [0.1, 0.15) is 60.8 Å². The van der Waals surface area contributed by atoms with Gasteiger partial charge >= 0.3 is 0 Å². The molecular weight excluding hydrogens is 474 g/mol. The Kier molecular flexibility index (Phi) is 6.53. The van der Waals surface area contributed by atoms with Crippen molar-refractivity contribution in [2.45, 2.75) is 109 Å². The molecule has 37 heavy (non-hydrogen) atoms. The number of rotatable bonds is 6. The maximum absolute atomic E-state index is 6.72. The van der Waals surface area contributed by atoms with Crippen molar-refractivity contribution in [3.05, 3.63) is 0 Å². The van der Waals surface area contributed by atoms with Crippen molar-refractivity contribution in [1.29, 1.82) is 0 Å². The summed E-state index contributed by atoms with van der Waals surface area (Å²) in [6, 6.07) is 0. The molecule has 0 bridgehead atoms. The molecular formula is C29H47NO7. The minimum atomic E-state index is -0.423. The summed E-state index contributed by atoms with van der Waals surface area (Å²) in [6.45, 7) is 13.6. The molecule has 6 unspecified atom stereocenters. The lowest BCUT2D eigenvalue weighted by atomic mass is 9.65. The summed E-state index contributed by atoms with van der Waals surface area (Å²) < 4.78 is 38.4. The van der Waals surface area contributed by atoms with Crippen molar-refractivity contribution in [3.8, 4) is 0 Å². The summed E-state index contributed by atoms with van der Waals surface area (Å²) in [5.74, 6) is 3.33. The topological polar surface area (TPSA) is 77.0 Å². The molecule has 0 N–H and O–H groups in total. The van der Waals surface area contributed by atoms with Crippen molar-refractivity contribution in [3.63, 3.8) is 0 Å². The van der Waals surface area contributed by atoms with Gasteiger partial charge < -0.3 is 33.3 Å². The van der Waals surface area contributed by atoms with Gasteiger partial charge in [0.2, 0.25) is 0 Å². The average molecular weight is 522 g/mol. The zero-order valence-electron chi connectivity index (χ0n) is 24.0. The first-order chi connectivity index (χ1) is 17.6. The third-order valence-corrected chi connectivity index (χ3v) is 11.5. The SMILES string of the molecule is CO/N=C(/C[C@H]1O[C@H](OC)[C@@]23OC(C)C2C(C)C[C@H]3[C@H]1C)[C@H]1O[C@H](OC)[C@@]23OC(C)C2C(C)C[C@H]3[C@H]1C. The van der Waals surface area contributed by atoms with Crippen LogP contribution >= 0.6 is 0 Å². The molecule has 2 aliphatic carbocycles. The van der Waals surface area contributed by atoms with E-state index in [2.05, 4.69) is 46.7 Å². The van der Waals surface area contributed by atoms with Crippen LogP contribution in [-0.2, 0) is 33.3 Å². The number of oxime groups is 1. The average Bonchev–Trinajstić information content (AvgIpc) is 3.23. The standard InChI is InChI=1S/C29H47NO7/c1-13-10-19-15(3)22(34-26(31-7)28(19)23(13)17(5)36-28)12-21(30-33-9)25-16(4)20-11-14(2)24-18(6)37-29(20,24)27(32-8)35-25/h13-20,22-27H,10-12H2,1-9H3/b30-21-/t13?,14?,15-,16-,17?,18?,19+,20+,22-,23?,24?,25+,26+,27+,28+,29+/m1/s1. The minimum Gasteiger partial charge on any atom is -0.399 e. The highest BCUT2D eigenvalue weighted by molar-refractivity contribution is 5.89. The van der Waals surface area contributed by atoms with E-state index in [-0.39, 0.29) is 47.8 Å². The lowest BCUT2D eigenvalue weighted by Crippen LogP contribution is -2.72. The fourth-order valence-electron chi connectivity index (χ4n) is 10.4. The summed E-state index contributed by atoms with van der Waals surface area (Å²) in [4.78, 5) is 5.40. The van der Waals surface area contributed by atoms with Gasteiger partial charge in [0.05, 0.1) is 24.0 Å². The molecule has 6 rings (SSSR count). The second kappa shape index (κ2) is 9.13. The number of hydrogen-bond acceptors (Lipinski definition) is 8. The zero-order valence-corrected chi connectivity index (χ0v) is 24.0. The van der Waals surface area contributed by atoms with Crippen molar-refractivity contribution < 1.29 is 33.3 Å². The Morgan fingerprint density at radius 2 is 1.27 bits per heavy atom. The van der Waals surface area contributed by atoms with Gasteiger partial charge in [0.15, 0.2) is 12.6 Å². The number of methoxy groups -OCH3 is 2. The van der Waals surface area contributed by atoms with Crippen molar-refractivity contribution in [2.24, 2.45) is 52.5 Å². The normalized spacial score (nSPS) is 58.5. The smallest absolute Gasteiger partial charge is 0.187 e. The molecule has 8 nitrogen and oxygen atoms in total. The maximum Gasteiger partial charge on any atom is 0.187 e. The van der Waals surface area contributed by atoms with Crippen molar-refractivity contribution in [2.75, 3.05) is 21.3 Å². The Hall–Kier alpha value is -0.770. The zero-order chi connectivity index (χ0) is 26.4. The molecule has 4 saturated heterocycles. The van der Waals surface area contributed by atoms with Gasteiger partial charge in [-0.05, 0) is 62.2 Å². The van der Waals surface area contributed by atoms with Gasteiger partial charge in [-0.25, -0.2) is 0 Å². The first-order valence-corrected chi connectivity index (χ1v) is 14.5. The summed E-state index contributed by atoms with van der Waals surface area (Å²) >= 11 is 0. The maximum atomic E-state index is 6.72. The Bertz CT molecular complexity index is 915. The Morgan fingerprint density at radius 1 is 0.757 bits per heavy atom. The fourth-order valence-corrected chi connectivity index (χ4v) is 10.4. The highest BCUT2D eigenvalue weighted by atomic mass is 16.7. The van der Waals surface area contributed by atoms with Crippen LogP contribution < -0.4 is 0 Å². The van der Waals surface area contributed by atoms with Gasteiger partial charge in [0.1, 0.15) is 24.4 Å². The lowest BCUT2D eigenvalue weighted by molar-refractivity contribution is -0.393. The summed E-state index contributed by atoms with van der Waals surface area (Å²) in [5.41, 5.74) is 0.178. The second-order valence-corrected chi connectivity index (χ2v) is 13.1. The number of ether oxygens (including phenoxy) is 6. The van der Waals surface area contributed by atoms with E-state index in [9.17, 15) is 0 Å². The van der Waals surface area contributed by atoms with Crippen LogP contribution in [0.5, 0.6) is 0 Å². The van der Waals surface area contributed by atoms with E-state index >= 15 is 0 Å². The van der Waals surface area contributed by atoms with Gasteiger partial charge in [-0.3, -0.25) is 0 Å². The summed E-state index contributed by atoms with van der Waals surface area (Å²) in [5, 5.41) is 4.56. The molecule has 8 heteroatoms. The Labute approximate surface area is 222 Å².